The van der Waals surface area contributed by atoms with Crippen LogP contribution in [0.3, 0.4) is 0 Å². The predicted molar refractivity (Wildman–Crippen MR) is 125 cm³/mol. The third-order valence-electron chi connectivity index (χ3n) is 4.72. The van der Waals surface area contributed by atoms with E-state index in [0.29, 0.717) is 5.13 Å². The normalized spacial score (nSPS) is 11.0. The van der Waals surface area contributed by atoms with Crippen LogP contribution in [0, 0.1) is 17.0 Å². The molecule has 0 aliphatic rings. The first-order valence-corrected chi connectivity index (χ1v) is 10.4. The van der Waals surface area contributed by atoms with Crippen LogP contribution < -0.4 is 4.74 Å². The zero-order valence-electron chi connectivity index (χ0n) is 17.0. The van der Waals surface area contributed by atoms with Crippen LogP contribution in [-0.2, 0) is 0 Å². The molecule has 0 spiro atoms. The van der Waals surface area contributed by atoms with E-state index >= 15 is 0 Å². The van der Waals surface area contributed by atoms with Gasteiger partial charge in [0, 0.05) is 23.9 Å². The SMILES string of the molecule is COc1ccc(C=Nc2nc(-c3ccc(C)cc3)c(-c3ccc([N+](=O)[O-])cc3)s2)cc1. The van der Waals surface area contributed by atoms with Gasteiger partial charge in [-0.2, -0.15) is 0 Å². The second-order valence-corrected chi connectivity index (χ2v) is 7.85. The van der Waals surface area contributed by atoms with Crippen molar-refractivity contribution in [3.8, 4) is 27.4 Å². The van der Waals surface area contributed by atoms with Crippen LogP contribution in [-0.4, -0.2) is 23.2 Å². The van der Waals surface area contributed by atoms with Crippen LogP contribution in [0.5, 0.6) is 5.75 Å². The first-order valence-electron chi connectivity index (χ1n) is 9.54. The van der Waals surface area contributed by atoms with Crippen molar-refractivity contribution in [2.45, 2.75) is 6.92 Å². The van der Waals surface area contributed by atoms with Gasteiger partial charge in [-0.15, -0.1) is 0 Å². The van der Waals surface area contributed by atoms with Gasteiger partial charge >= 0.3 is 0 Å². The van der Waals surface area contributed by atoms with E-state index in [1.807, 2.05) is 55.5 Å². The minimum absolute atomic E-state index is 0.0582. The average Bonchev–Trinajstić information content (AvgIpc) is 3.23. The van der Waals surface area contributed by atoms with Gasteiger partial charge < -0.3 is 4.74 Å². The largest absolute Gasteiger partial charge is 0.497 e. The average molecular weight is 430 g/mol. The maximum atomic E-state index is 11.0. The van der Waals surface area contributed by atoms with Gasteiger partial charge in [-0.1, -0.05) is 41.2 Å². The number of benzene rings is 3. The molecular formula is C24H19N3O3S. The second kappa shape index (κ2) is 8.89. The van der Waals surface area contributed by atoms with Gasteiger partial charge in [0.2, 0.25) is 5.13 Å². The number of nitro groups is 1. The zero-order valence-corrected chi connectivity index (χ0v) is 17.8. The Hall–Kier alpha value is -3.84. The van der Waals surface area contributed by atoms with Crippen LogP contribution in [0.25, 0.3) is 21.7 Å². The molecule has 0 aliphatic heterocycles. The van der Waals surface area contributed by atoms with Gasteiger partial charge in [0.15, 0.2) is 0 Å². The fraction of sp³-hybridized carbons (Fsp3) is 0.0833. The van der Waals surface area contributed by atoms with Gasteiger partial charge in [-0.25, -0.2) is 9.98 Å². The lowest BCUT2D eigenvalue weighted by atomic mass is 10.1. The summed E-state index contributed by atoms with van der Waals surface area (Å²) in [5.41, 5.74) is 4.80. The molecule has 0 N–H and O–H groups in total. The topological polar surface area (TPSA) is 77.6 Å². The monoisotopic (exact) mass is 429 g/mol. The molecule has 0 radical (unpaired) electrons. The van der Waals surface area contributed by atoms with E-state index in [9.17, 15) is 10.1 Å². The lowest BCUT2D eigenvalue weighted by molar-refractivity contribution is -0.384. The van der Waals surface area contributed by atoms with Crippen LogP contribution in [0.1, 0.15) is 11.1 Å². The van der Waals surface area contributed by atoms with Crippen molar-refractivity contribution in [1.29, 1.82) is 0 Å². The summed E-state index contributed by atoms with van der Waals surface area (Å²) in [6.45, 7) is 2.03. The highest BCUT2D eigenvalue weighted by Gasteiger charge is 2.16. The zero-order chi connectivity index (χ0) is 21.8. The van der Waals surface area contributed by atoms with Crippen molar-refractivity contribution < 1.29 is 9.66 Å². The number of nitrogens with zero attached hydrogens (tertiary/aromatic N) is 3. The Morgan fingerprint density at radius 2 is 1.61 bits per heavy atom. The smallest absolute Gasteiger partial charge is 0.269 e. The number of aryl methyl sites for hydroxylation is 1. The van der Waals surface area contributed by atoms with Gasteiger partial charge in [0.05, 0.1) is 22.6 Å². The number of hydrogen-bond acceptors (Lipinski definition) is 6. The summed E-state index contributed by atoms with van der Waals surface area (Å²) in [5.74, 6) is 0.786. The maximum absolute atomic E-state index is 11.0. The molecule has 0 fully saturated rings. The highest BCUT2D eigenvalue weighted by atomic mass is 32.1. The van der Waals surface area contributed by atoms with Crippen LogP contribution in [0.15, 0.2) is 77.8 Å². The number of nitro benzene ring substituents is 1. The third-order valence-corrected chi connectivity index (χ3v) is 5.73. The minimum Gasteiger partial charge on any atom is -0.497 e. The van der Waals surface area contributed by atoms with Crippen molar-refractivity contribution in [2.75, 3.05) is 7.11 Å². The predicted octanol–water partition coefficient (Wildman–Crippen LogP) is 6.45. The number of ether oxygens (including phenoxy) is 1. The Kier molecular flexibility index (Phi) is 5.86. The molecule has 0 atom stereocenters. The van der Waals surface area contributed by atoms with Crippen LogP contribution in [0.4, 0.5) is 10.8 Å². The Balaban J connectivity index is 1.73. The molecule has 0 aliphatic carbocycles. The molecule has 1 aromatic heterocycles. The van der Waals surface area contributed by atoms with Crippen molar-refractivity contribution >= 4 is 28.4 Å². The summed E-state index contributed by atoms with van der Waals surface area (Å²) in [7, 11) is 1.63. The number of aromatic nitrogens is 1. The van der Waals surface area contributed by atoms with Crippen molar-refractivity contribution in [1.82, 2.24) is 4.98 Å². The van der Waals surface area contributed by atoms with Gasteiger partial charge in [0.25, 0.3) is 5.69 Å². The molecule has 0 unspecified atom stereocenters. The molecule has 0 bridgehead atoms. The molecule has 4 rings (SSSR count). The Morgan fingerprint density at radius 3 is 2.23 bits per heavy atom. The second-order valence-electron chi connectivity index (χ2n) is 6.88. The molecule has 1 heterocycles. The Labute approximate surface area is 183 Å². The van der Waals surface area contributed by atoms with Crippen molar-refractivity contribution in [2.24, 2.45) is 4.99 Å². The lowest BCUT2D eigenvalue weighted by Gasteiger charge is -2.03. The Morgan fingerprint density at radius 1 is 0.968 bits per heavy atom. The van der Waals surface area contributed by atoms with Crippen LogP contribution in [0.2, 0.25) is 0 Å². The fourth-order valence-corrected chi connectivity index (χ4v) is 3.96. The first-order chi connectivity index (χ1) is 15.0. The first kappa shape index (κ1) is 20.4. The molecule has 31 heavy (non-hydrogen) atoms. The van der Waals surface area contributed by atoms with E-state index in [1.165, 1.54) is 23.5 Å². The highest BCUT2D eigenvalue weighted by molar-refractivity contribution is 7.19. The Bertz CT molecular complexity index is 1230. The van der Waals surface area contributed by atoms with Gasteiger partial charge in [-0.3, -0.25) is 10.1 Å². The summed E-state index contributed by atoms with van der Waals surface area (Å²) >= 11 is 1.45. The maximum Gasteiger partial charge on any atom is 0.269 e. The number of thiazole rings is 1. The van der Waals surface area contributed by atoms with Crippen LogP contribution >= 0.6 is 11.3 Å². The molecule has 0 amide bonds. The quantitative estimate of drug-likeness (QED) is 0.200. The number of methoxy groups -OCH3 is 1. The molecule has 154 valence electrons. The summed E-state index contributed by atoms with van der Waals surface area (Å²) < 4.78 is 5.18. The molecule has 7 heteroatoms. The summed E-state index contributed by atoms with van der Waals surface area (Å²) in [4.78, 5) is 20.8. The van der Waals surface area contributed by atoms with E-state index in [4.69, 9.17) is 9.72 Å². The summed E-state index contributed by atoms with van der Waals surface area (Å²) in [6, 6.07) is 22.2. The van der Waals surface area contributed by atoms with E-state index in [2.05, 4.69) is 4.99 Å². The van der Waals surface area contributed by atoms with Gasteiger partial charge in [-0.05, 0) is 54.4 Å². The number of aliphatic imine (C=N–C) groups is 1. The third kappa shape index (κ3) is 4.67. The van der Waals surface area contributed by atoms with Crippen molar-refractivity contribution in [3.63, 3.8) is 0 Å². The lowest BCUT2D eigenvalue weighted by Crippen LogP contribution is -1.87. The van der Waals surface area contributed by atoms with E-state index in [-0.39, 0.29) is 5.69 Å². The molecule has 0 saturated carbocycles. The van der Waals surface area contributed by atoms with Crippen molar-refractivity contribution in [3.05, 3.63) is 94.0 Å². The standard InChI is InChI=1S/C24H19N3O3S/c1-16-3-7-18(8-4-16)22-23(19-9-11-20(12-10-19)27(28)29)31-24(26-22)25-15-17-5-13-21(30-2)14-6-17/h3-15H,1-2H3. The minimum atomic E-state index is -0.401. The molecule has 3 aromatic carbocycles. The summed E-state index contributed by atoms with van der Waals surface area (Å²) in [6.07, 6.45) is 1.76. The molecule has 6 nitrogen and oxygen atoms in total. The fourth-order valence-electron chi connectivity index (χ4n) is 3.02. The molecule has 0 saturated heterocycles. The van der Waals surface area contributed by atoms with Gasteiger partial charge in [0.1, 0.15) is 5.75 Å². The number of non-ortho nitro benzene ring substituents is 1. The van der Waals surface area contributed by atoms with E-state index < -0.39 is 4.92 Å². The van der Waals surface area contributed by atoms with E-state index in [1.54, 1.807) is 25.5 Å². The number of rotatable bonds is 6. The number of hydrogen-bond donors (Lipinski definition) is 0. The highest BCUT2D eigenvalue weighted by Crippen LogP contribution is 2.40. The molecule has 4 aromatic rings. The summed E-state index contributed by atoms with van der Waals surface area (Å²) in [5, 5.41) is 11.6. The molecular weight excluding hydrogens is 410 g/mol. The van der Waals surface area contributed by atoms with E-state index in [0.717, 1.165) is 38.6 Å².